The molecule has 1 nitrogen and oxygen atoms in total. The standard InChI is InChI=1S/C23H14ClN/c24-17-11-13-19-21(14-17)25-23(16-7-2-1-3-8-16)20-12-10-15-6-4-5-9-18(15)22(19)20/h1-14H. The number of fused-ring (bicyclic) bond motifs is 5. The van der Waals surface area contributed by atoms with Gasteiger partial charge < -0.3 is 0 Å². The van der Waals surface area contributed by atoms with Crippen molar-refractivity contribution >= 4 is 44.0 Å². The van der Waals surface area contributed by atoms with Crippen LogP contribution in [-0.2, 0) is 0 Å². The molecule has 5 rings (SSSR count). The molecule has 25 heavy (non-hydrogen) atoms. The highest BCUT2D eigenvalue weighted by molar-refractivity contribution is 6.32. The van der Waals surface area contributed by atoms with Gasteiger partial charge in [-0.1, -0.05) is 84.4 Å². The molecule has 118 valence electrons. The monoisotopic (exact) mass is 339 g/mol. The van der Waals surface area contributed by atoms with Gasteiger partial charge in [0.05, 0.1) is 11.2 Å². The zero-order valence-electron chi connectivity index (χ0n) is 13.4. The first-order chi connectivity index (χ1) is 12.3. The Labute approximate surface area is 150 Å². The van der Waals surface area contributed by atoms with Crippen LogP contribution in [-0.4, -0.2) is 4.98 Å². The van der Waals surface area contributed by atoms with Gasteiger partial charge in [0.2, 0.25) is 0 Å². The van der Waals surface area contributed by atoms with E-state index < -0.39 is 0 Å². The number of benzene rings is 4. The van der Waals surface area contributed by atoms with Crippen molar-refractivity contribution in [3.05, 3.63) is 90.0 Å². The van der Waals surface area contributed by atoms with Gasteiger partial charge in [-0.25, -0.2) is 4.98 Å². The molecule has 0 radical (unpaired) electrons. The van der Waals surface area contributed by atoms with E-state index in [1.54, 1.807) is 0 Å². The molecule has 0 spiro atoms. The Hall–Kier alpha value is -2.90. The maximum absolute atomic E-state index is 6.25. The van der Waals surface area contributed by atoms with Crippen molar-refractivity contribution < 1.29 is 0 Å². The second-order valence-corrected chi connectivity index (χ2v) is 6.63. The van der Waals surface area contributed by atoms with Crippen LogP contribution < -0.4 is 0 Å². The fourth-order valence-electron chi connectivity index (χ4n) is 3.56. The Morgan fingerprint density at radius 2 is 1.40 bits per heavy atom. The molecule has 0 bridgehead atoms. The van der Waals surface area contributed by atoms with Gasteiger partial charge in [-0.15, -0.1) is 0 Å². The van der Waals surface area contributed by atoms with E-state index in [9.17, 15) is 0 Å². The van der Waals surface area contributed by atoms with E-state index in [2.05, 4.69) is 54.6 Å². The largest absolute Gasteiger partial charge is 0.247 e. The maximum atomic E-state index is 6.25. The van der Waals surface area contributed by atoms with E-state index in [1.807, 2.05) is 30.3 Å². The molecule has 0 saturated carbocycles. The van der Waals surface area contributed by atoms with Gasteiger partial charge in [-0.2, -0.15) is 0 Å². The van der Waals surface area contributed by atoms with Gasteiger partial charge in [0.1, 0.15) is 0 Å². The molecule has 0 saturated heterocycles. The first-order valence-electron chi connectivity index (χ1n) is 8.27. The lowest BCUT2D eigenvalue weighted by molar-refractivity contribution is 1.43. The summed E-state index contributed by atoms with van der Waals surface area (Å²) in [5.74, 6) is 0. The van der Waals surface area contributed by atoms with Crippen LogP contribution in [0.25, 0.3) is 43.7 Å². The molecule has 0 atom stereocenters. The molecule has 0 amide bonds. The van der Waals surface area contributed by atoms with Crippen molar-refractivity contribution in [2.75, 3.05) is 0 Å². The fraction of sp³-hybridized carbons (Fsp3) is 0. The van der Waals surface area contributed by atoms with E-state index in [0.29, 0.717) is 5.02 Å². The average molecular weight is 340 g/mol. The van der Waals surface area contributed by atoms with Crippen molar-refractivity contribution in [2.45, 2.75) is 0 Å². The quantitative estimate of drug-likeness (QED) is 0.304. The van der Waals surface area contributed by atoms with Crippen LogP contribution in [0.3, 0.4) is 0 Å². The normalized spacial score (nSPS) is 11.4. The van der Waals surface area contributed by atoms with Gasteiger partial charge in [-0.3, -0.25) is 0 Å². The zero-order valence-corrected chi connectivity index (χ0v) is 14.2. The predicted octanol–water partition coefficient (Wildman–Crippen LogP) is 6.86. The summed E-state index contributed by atoms with van der Waals surface area (Å²) in [5.41, 5.74) is 3.04. The second kappa shape index (κ2) is 5.58. The third kappa shape index (κ3) is 2.28. The van der Waals surface area contributed by atoms with E-state index in [0.717, 1.165) is 22.2 Å². The predicted molar refractivity (Wildman–Crippen MR) is 107 cm³/mol. The SMILES string of the molecule is Clc1ccc2c(c1)nc(-c1ccccc1)c1ccc3ccccc3c12. The van der Waals surface area contributed by atoms with Gasteiger partial charge in [0.15, 0.2) is 0 Å². The summed E-state index contributed by atoms with van der Waals surface area (Å²) in [7, 11) is 0. The molecule has 4 aromatic carbocycles. The number of hydrogen-bond donors (Lipinski definition) is 0. The lowest BCUT2D eigenvalue weighted by atomic mass is 9.95. The van der Waals surface area contributed by atoms with Crippen LogP contribution in [0.1, 0.15) is 0 Å². The van der Waals surface area contributed by atoms with Crippen LogP contribution >= 0.6 is 11.6 Å². The van der Waals surface area contributed by atoms with Crippen LogP contribution in [0.15, 0.2) is 84.9 Å². The maximum Gasteiger partial charge on any atom is 0.0788 e. The Kier molecular flexibility index (Phi) is 3.22. The molecule has 1 aromatic heterocycles. The second-order valence-electron chi connectivity index (χ2n) is 6.20. The number of rotatable bonds is 1. The summed E-state index contributed by atoms with van der Waals surface area (Å²) >= 11 is 6.25. The Morgan fingerprint density at radius 3 is 2.28 bits per heavy atom. The Morgan fingerprint density at radius 1 is 0.640 bits per heavy atom. The summed E-state index contributed by atoms with van der Waals surface area (Å²) < 4.78 is 0. The Bertz CT molecular complexity index is 1240. The van der Waals surface area contributed by atoms with Gasteiger partial charge >= 0.3 is 0 Å². The minimum absolute atomic E-state index is 0.707. The molecule has 0 unspecified atom stereocenters. The third-order valence-corrected chi connectivity index (χ3v) is 4.93. The zero-order chi connectivity index (χ0) is 16.8. The van der Waals surface area contributed by atoms with E-state index in [-0.39, 0.29) is 0 Å². The minimum Gasteiger partial charge on any atom is -0.247 e. The first-order valence-corrected chi connectivity index (χ1v) is 8.65. The minimum atomic E-state index is 0.707. The van der Waals surface area contributed by atoms with E-state index in [1.165, 1.54) is 21.5 Å². The van der Waals surface area contributed by atoms with Crippen LogP contribution in [0, 0.1) is 0 Å². The number of halogens is 1. The molecule has 5 aromatic rings. The average Bonchev–Trinajstić information content (AvgIpc) is 2.67. The smallest absolute Gasteiger partial charge is 0.0788 e. The summed E-state index contributed by atoms with van der Waals surface area (Å²) in [6.45, 7) is 0. The van der Waals surface area contributed by atoms with Crippen molar-refractivity contribution in [1.82, 2.24) is 4.98 Å². The van der Waals surface area contributed by atoms with Crippen molar-refractivity contribution in [3.63, 3.8) is 0 Å². The Balaban J connectivity index is 2.05. The van der Waals surface area contributed by atoms with E-state index in [4.69, 9.17) is 16.6 Å². The molecular weight excluding hydrogens is 326 g/mol. The molecule has 0 fully saturated rings. The van der Waals surface area contributed by atoms with Gasteiger partial charge in [-0.05, 0) is 22.9 Å². The molecule has 0 aliphatic heterocycles. The molecular formula is C23H14ClN. The summed E-state index contributed by atoms with van der Waals surface area (Å²) in [6, 6.07) is 29.2. The third-order valence-electron chi connectivity index (χ3n) is 4.69. The summed E-state index contributed by atoms with van der Waals surface area (Å²) in [4.78, 5) is 4.96. The number of nitrogens with zero attached hydrogens (tertiary/aromatic N) is 1. The molecule has 0 aliphatic rings. The highest BCUT2D eigenvalue weighted by Crippen LogP contribution is 2.37. The first kappa shape index (κ1) is 14.4. The van der Waals surface area contributed by atoms with Gasteiger partial charge in [0.25, 0.3) is 0 Å². The summed E-state index contributed by atoms with van der Waals surface area (Å²) in [6.07, 6.45) is 0. The van der Waals surface area contributed by atoms with E-state index >= 15 is 0 Å². The van der Waals surface area contributed by atoms with Gasteiger partial charge in [0, 0.05) is 26.7 Å². The topological polar surface area (TPSA) is 12.9 Å². The van der Waals surface area contributed by atoms with Crippen LogP contribution in [0.2, 0.25) is 5.02 Å². The molecule has 0 N–H and O–H groups in total. The number of pyridine rings is 1. The van der Waals surface area contributed by atoms with Crippen LogP contribution in [0.5, 0.6) is 0 Å². The summed E-state index contributed by atoms with van der Waals surface area (Å²) in [5, 5.41) is 6.72. The van der Waals surface area contributed by atoms with Crippen molar-refractivity contribution in [3.8, 4) is 11.3 Å². The molecule has 0 aliphatic carbocycles. The number of hydrogen-bond acceptors (Lipinski definition) is 1. The molecule has 1 heterocycles. The highest BCUT2D eigenvalue weighted by Gasteiger charge is 2.13. The van der Waals surface area contributed by atoms with Crippen molar-refractivity contribution in [1.29, 1.82) is 0 Å². The number of aromatic nitrogens is 1. The van der Waals surface area contributed by atoms with Crippen LogP contribution in [0.4, 0.5) is 0 Å². The lowest BCUT2D eigenvalue weighted by Crippen LogP contribution is -1.90. The fourth-order valence-corrected chi connectivity index (χ4v) is 3.73. The molecule has 2 heteroatoms. The highest BCUT2D eigenvalue weighted by atomic mass is 35.5. The van der Waals surface area contributed by atoms with Crippen molar-refractivity contribution in [2.24, 2.45) is 0 Å². The lowest BCUT2D eigenvalue weighted by Gasteiger charge is -2.12.